The number of thioether (sulfide) groups is 1. The summed E-state index contributed by atoms with van der Waals surface area (Å²) >= 11 is 1.91. The first-order valence-electron chi connectivity index (χ1n) is 10.4. The van der Waals surface area contributed by atoms with Crippen LogP contribution in [-0.4, -0.2) is 78.2 Å². The molecule has 0 spiro atoms. The first-order chi connectivity index (χ1) is 15.3. The Bertz CT molecular complexity index is 1170. The van der Waals surface area contributed by atoms with Crippen molar-refractivity contribution in [1.82, 2.24) is 29.7 Å². The number of hydrogen-bond acceptors (Lipinski definition) is 10. The van der Waals surface area contributed by atoms with Gasteiger partial charge in [-0.2, -0.15) is 11.8 Å². The minimum absolute atomic E-state index is 0.149. The Kier molecular flexibility index (Phi) is 6.28. The zero-order chi connectivity index (χ0) is 22.9. The van der Waals surface area contributed by atoms with E-state index in [1.54, 1.807) is 20.0 Å². The summed E-state index contributed by atoms with van der Waals surface area (Å²) in [4.78, 5) is 11.5. The number of ether oxygens (including phenoxy) is 1. The van der Waals surface area contributed by atoms with Gasteiger partial charge in [0.05, 0.1) is 11.4 Å². The van der Waals surface area contributed by atoms with Gasteiger partial charge in [-0.15, -0.1) is 0 Å². The predicted molar refractivity (Wildman–Crippen MR) is 123 cm³/mol. The van der Waals surface area contributed by atoms with Crippen molar-refractivity contribution in [1.29, 1.82) is 0 Å². The van der Waals surface area contributed by atoms with Crippen molar-refractivity contribution < 1.29 is 14.5 Å². The molecule has 0 amide bonds. The predicted octanol–water partition coefficient (Wildman–Crippen LogP) is 1.63. The number of fused-ring (bicyclic) bond motifs is 1. The molecule has 0 radical (unpaired) electrons. The lowest BCUT2D eigenvalue weighted by Crippen LogP contribution is -2.37. The van der Waals surface area contributed by atoms with Crippen LogP contribution in [0.3, 0.4) is 0 Å². The highest BCUT2D eigenvalue weighted by Crippen LogP contribution is 2.33. The summed E-state index contributed by atoms with van der Waals surface area (Å²) in [5, 5.41) is 18.0. The topological polar surface area (TPSA) is 128 Å². The van der Waals surface area contributed by atoms with Crippen LogP contribution in [0.25, 0.3) is 22.6 Å². The van der Waals surface area contributed by atoms with E-state index >= 15 is 0 Å². The molecule has 0 unspecified atom stereocenters. The largest absolute Gasteiger partial charge is 0.488 e. The molecule has 3 aromatic rings. The maximum Gasteiger partial charge on any atom is 0.199 e. The molecular formula is C21H27N7O3S. The average molecular weight is 458 g/mol. The summed E-state index contributed by atoms with van der Waals surface area (Å²) in [5.74, 6) is 8.09. The highest BCUT2D eigenvalue weighted by Gasteiger charge is 2.24. The molecule has 11 heteroatoms. The molecule has 3 aromatic heterocycles. The Morgan fingerprint density at radius 1 is 1.41 bits per heavy atom. The van der Waals surface area contributed by atoms with Crippen LogP contribution in [-0.2, 0) is 6.54 Å². The SMILES string of the molecule is CCn1c(-c2nonc2N)nc2c(C#CC(C)(C)O)ncc(OC[C@@H]3CN(C)CCS3)c21. The third kappa shape index (κ3) is 4.67. The van der Waals surface area contributed by atoms with Crippen molar-refractivity contribution in [3.8, 4) is 29.1 Å². The second-order valence-corrected chi connectivity index (χ2v) is 9.63. The van der Waals surface area contributed by atoms with Crippen molar-refractivity contribution in [3.05, 3.63) is 11.9 Å². The van der Waals surface area contributed by atoms with Crippen molar-refractivity contribution in [2.24, 2.45) is 0 Å². The van der Waals surface area contributed by atoms with Gasteiger partial charge in [-0.3, -0.25) is 0 Å². The molecule has 0 aliphatic carbocycles. The lowest BCUT2D eigenvalue weighted by molar-refractivity contribution is 0.143. The molecule has 1 fully saturated rings. The Hall–Kier alpha value is -2.81. The van der Waals surface area contributed by atoms with Crippen molar-refractivity contribution in [2.45, 2.75) is 38.2 Å². The monoisotopic (exact) mass is 457 g/mol. The Labute approximate surface area is 190 Å². The van der Waals surface area contributed by atoms with E-state index in [0.29, 0.717) is 46.9 Å². The second-order valence-electron chi connectivity index (χ2n) is 8.22. The minimum atomic E-state index is -1.16. The van der Waals surface area contributed by atoms with E-state index in [-0.39, 0.29) is 5.82 Å². The molecular weight excluding hydrogens is 430 g/mol. The van der Waals surface area contributed by atoms with Gasteiger partial charge in [0.15, 0.2) is 23.1 Å². The minimum Gasteiger partial charge on any atom is -0.488 e. The molecule has 0 aromatic carbocycles. The number of nitrogen functional groups attached to an aromatic ring is 1. The Morgan fingerprint density at radius 3 is 2.88 bits per heavy atom. The first kappa shape index (κ1) is 22.4. The van der Waals surface area contributed by atoms with Crippen LogP contribution in [0.5, 0.6) is 5.75 Å². The molecule has 1 aliphatic rings. The van der Waals surface area contributed by atoms with Crippen molar-refractivity contribution in [2.75, 3.05) is 38.2 Å². The molecule has 10 nitrogen and oxygen atoms in total. The Morgan fingerprint density at radius 2 is 2.22 bits per heavy atom. The number of nitrogens with two attached hydrogens (primary N) is 1. The molecule has 0 bridgehead atoms. The van der Waals surface area contributed by atoms with Gasteiger partial charge < -0.3 is 25.0 Å². The van der Waals surface area contributed by atoms with E-state index in [4.69, 9.17) is 20.1 Å². The molecule has 1 atom stereocenters. The third-order valence-corrected chi connectivity index (χ3v) is 6.21. The summed E-state index contributed by atoms with van der Waals surface area (Å²) in [6, 6.07) is 0. The van der Waals surface area contributed by atoms with Crippen LogP contribution in [0.2, 0.25) is 0 Å². The van der Waals surface area contributed by atoms with Gasteiger partial charge in [-0.05, 0) is 44.1 Å². The lowest BCUT2D eigenvalue weighted by Gasteiger charge is -2.29. The average Bonchev–Trinajstić information content (AvgIpc) is 3.33. The van der Waals surface area contributed by atoms with E-state index in [1.807, 2.05) is 23.3 Å². The normalized spacial score (nSPS) is 17.3. The number of pyridine rings is 1. The number of rotatable bonds is 5. The highest BCUT2D eigenvalue weighted by atomic mass is 32.2. The van der Waals surface area contributed by atoms with Crippen molar-refractivity contribution in [3.63, 3.8) is 0 Å². The maximum absolute atomic E-state index is 10.0. The fourth-order valence-electron chi connectivity index (χ4n) is 3.51. The van der Waals surface area contributed by atoms with Gasteiger partial charge in [0.1, 0.15) is 28.9 Å². The number of aliphatic hydroxyl groups is 1. The fourth-order valence-corrected chi connectivity index (χ4v) is 4.79. The molecule has 4 rings (SSSR count). The van der Waals surface area contributed by atoms with Gasteiger partial charge in [0, 0.05) is 25.4 Å². The van der Waals surface area contributed by atoms with E-state index in [2.05, 4.69) is 39.1 Å². The summed E-state index contributed by atoms with van der Waals surface area (Å²) in [6.07, 6.45) is 1.66. The number of aromatic nitrogens is 5. The zero-order valence-corrected chi connectivity index (χ0v) is 19.4. The lowest BCUT2D eigenvalue weighted by atomic mass is 10.1. The Balaban J connectivity index is 1.80. The van der Waals surface area contributed by atoms with E-state index in [1.165, 1.54) is 0 Å². The molecule has 3 N–H and O–H groups in total. The fraction of sp³-hybridized carbons (Fsp3) is 0.524. The number of hydrogen-bond donors (Lipinski definition) is 2. The number of anilines is 1. The number of imidazole rings is 1. The van der Waals surface area contributed by atoms with Crippen LogP contribution in [0.4, 0.5) is 5.82 Å². The first-order valence-corrected chi connectivity index (χ1v) is 11.5. The summed E-state index contributed by atoms with van der Waals surface area (Å²) in [6.45, 7) is 8.41. The second kappa shape index (κ2) is 8.97. The van der Waals surface area contributed by atoms with E-state index in [0.717, 1.165) is 24.4 Å². The van der Waals surface area contributed by atoms with Crippen LogP contribution in [0.15, 0.2) is 10.8 Å². The summed E-state index contributed by atoms with van der Waals surface area (Å²) in [7, 11) is 2.12. The van der Waals surface area contributed by atoms with Gasteiger partial charge >= 0.3 is 0 Å². The van der Waals surface area contributed by atoms with E-state index in [9.17, 15) is 5.11 Å². The quantitative estimate of drug-likeness (QED) is 0.546. The summed E-state index contributed by atoms with van der Waals surface area (Å²) < 4.78 is 13.0. The third-order valence-electron chi connectivity index (χ3n) is 5.03. The molecule has 170 valence electrons. The van der Waals surface area contributed by atoms with Gasteiger partial charge in [-0.25, -0.2) is 14.6 Å². The molecule has 0 saturated carbocycles. The van der Waals surface area contributed by atoms with Crippen LogP contribution < -0.4 is 10.5 Å². The van der Waals surface area contributed by atoms with Crippen LogP contribution >= 0.6 is 11.8 Å². The van der Waals surface area contributed by atoms with E-state index < -0.39 is 5.60 Å². The van der Waals surface area contributed by atoms with Gasteiger partial charge in [0.25, 0.3) is 0 Å². The zero-order valence-electron chi connectivity index (χ0n) is 18.6. The smallest absolute Gasteiger partial charge is 0.199 e. The highest BCUT2D eigenvalue weighted by molar-refractivity contribution is 8.00. The van der Waals surface area contributed by atoms with Gasteiger partial charge in [-0.1, -0.05) is 5.92 Å². The number of aryl methyl sites for hydroxylation is 1. The molecule has 4 heterocycles. The van der Waals surface area contributed by atoms with Crippen molar-refractivity contribution >= 4 is 28.6 Å². The standard InChI is InChI=1S/C21H27N7O3S/c1-5-28-18-15(30-12-13-11-27(4)8-9-32-13)10-23-14(6-7-21(2,3)29)16(18)24-20(28)17-19(22)26-31-25-17/h10,13,29H,5,8-9,11-12H2,1-4H3,(H2,22,26)/t13-/m0/s1. The van der Waals surface area contributed by atoms with Crippen LogP contribution in [0, 0.1) is 11.8 Å². The van der Waals surface area contributed by atoms with Crippen LogP contribution in [0.1, 0.15) is 26.5 Å². The maximum atomic E-state index is 10.0. The number of nitrogens with zero attached hydrogens (tertiary/aromatic N) is 6. The molecule has 1 aliphatic heterocycles. The molecule has 1 saturated heterocycles. The molecule has 32 heavy (non-hydrogen) atoms. The summed E-state index contributed by atoms with van der Waals surface area (Å²) in [5.41, 5.74) is 6.86. The van der Waals surface area contributed by atoms with Gasteiger partial charge in [0.2, 0.25) is 0 Å².